The Morgan fingerprint density at radius 1 is 1.30 bits per heavy atom. The topological polar surface area (TPSA) is 78.3 Å². The third-order valence-corrected chi connectivity index (χ3v) is 3.31. The second kappa shape index (κ2) is 6.53. The van der Waals surface area contributed by atoms with Crippen LogP contribution in [0.4, 0.5) is 5.69 Å². The summed E-state index contributed by atoms with van der Waals surface area (Å²) in [4.78, 5) is 18.6. The molecular formula is C15H13ClN4O3. The number of para-hydroxylation sites is 1. The highest BCUT2D eigenvalue weighted by Crippen LogP contribution is 2.27. The van der Waals surface area contributed by atoms with Crippen LogP contribution in [-0.4, -0.2) is 34.8 Å². The van der Waals surface area contributed by atoms with Gasteiger partial charge in [0, 0.05) is 5.02 Å². The summed E-state index contributed by atoms with van der Waals surface area (Å²) in [6.07, 6.45) is 0. The first kappa shape index (κ1) is 15.1. The Kier molecular flexibility index (Phi) is 4.29. The monoisotopic (exact) mass is 332 g/mol. The molecule has 3 rings (SSSR count). The summed E-state index contributed by atoms with van der Waals surface area (Å²) in [6, 6.07) is 12.2. The number of fused-ring (bicyclic) bond motifs is 1. The average Bonchev–Trinajstić information content (AvgIpc) is 2.96. The van der Waals surface area contributed by atoms with Crippen molar-refractivity contribution in [1.29, 1.82) is 0 Å². The van der Waals surface area contributed by atoms with E-state index < -0.39 is 0 Å². The van der Waals surface area contributed by atoms with Crippen LogP contribution in [-0.2, 0) is 4.79 Å². The van der Waals surface area contributed by atoms with E-state index in [-0.39, 0.29) is 12.5 Å². The van der Waals surface area contributed by atoms with Crippen molar-refractivity contribution >= 4 is 34.2 Å². The predicted octanol–water partition coefficient (Wildman–Crippen LogP) is 2.16. The molecule has 1 aromatic heterocycles. The van der Waals surface area contributed by atoms with Crippen LogP contribution in [0.1, 0.15) is 0 Å². The van der Waals surface area contributed by atoms with E-state index >= 15 is 0 Å². The number of carbonyl (C=O) groups is 1. The van der Waals surface area contributed by atoms with Gasteiger partial charge in [0.15, 0.2) is 6.61 Å². The Labute approximate surface area is 136 Å². The Morgan fingerprint density at radius 3 is 2.96 bits per heavy atom. The molecule has 0 unspecified atom stereocenters. The summed E-state index contributed by atoms with van der Waals surface area (Å²) in [6.45, 7) is -0.233. The summed E-state index contributed by atoms with van der Waals surface area (Å²) in [5.74, 6) is 0.138. The van der Waals surface area contributed by atoms with Crippen LogP contribution in [0.15, 0.2) is 42.5 Å². The zero-order valence-electron chi connectivity index (χ0n) is 12.2. The van der Waals surface area contributed by atoms with Gasteiger partial charge in [-0.1, -0.05) is 28.6 Å². The van der Waals surface area contributed by atoms with Gasteiger partial charge in [0.2, 0.25) is 0 Å². The summed E-state index contributed by atoms with van der Waals surface area (Å²) in [5, 5.41) is 10.9. The molecule has 1 amide bonds. The highest BCUT2D eigenvalue weighted by atomic mass is 35.5. The molecule has 0 spiro atoms. The van der Waals surface area contributed by atoms with Crippen molar-refractivity contribution in [2.24, 2.45) is 0 Å². The zero-order chi connectivity index (χ0) is 16.2. The SMILES string of the molecule is COc1ccc(Cl)cc1NC(=O)COn1nnc2ccccc21. The third kappa shape index (κ3) is 3.35. The van der Waals surface area contributed by atoms with Gasteiger partial charge >= 0.3 is 0 Å². The van der Waals surface area contributed by atoms with Crippen LogP contribution < -0.4 is 14.9 Å². The second-order valence-corrected chi connectivity index (χ2v) is 5.05. The maximum absolute atomic E-state index is 12.0. The summed E-state index contributed by atoms with van der Waals surface area (Å²) < 4.78 is 5.17. The molecule has 0 aliphatic rings. The number of anilines is 1. The minimum atomic E-state index is -0.370. The fourth-order valence-electron chi connectivity index (χ4n) is 2.03. The lowest BCUT2D eigenvalue weighted by molar-refractivity contribution is -0.121. The zero-order valence-corrected chi connectivity index (χ0v) is 12.9. The lowest BCUT2D eigenvalue weighted by atomic mass is 10.3. The van der Waals surface area contributed by atoms with Crippen molar-refractivity contribution in [3.63, 3.8) is 0 Å². The van der Waals surface area contributed by atoms with Gasteiger partial charge < -0.3 is 14.9 Å². The van der Waals surface area contributed by atoms with E-state index in [2.05, 4.69) is 15.6 Å². The smallest absolute Gasteiger partial charge is 0.265 e. The number of aromatic nitrogens is 3. The molecule has 0 aliphatic carbocycles. The van der Waals surface area contributed by atoms with E-state index in [0.29, 0.717) is 27.5 Å². The quantitative estimate of drug-likeness (QED) is 0.774. The maximum Gasteiger partial charge on any atom is 0.265 e. The Hall–Kier alpha value is -2.80. The first-order valence-electron chi connectivity index (χ1n) is 6.74. The molecule has 3 aromatic rings. The molecule has 7 nitrogen and oxygen atoms in total. The standard InChI is InChI=1S/C15H13ClN4O3/c1-22-14-7-6-10(16)8-12(14)17-15(21)9-23-20-13-5-3-2-4-11(13)18-19-20/h2-8H,9H2,1H3,(H,17,21). The van der Waals surface area contributed by atoms with Gasteiger partial charge in [0.05, 0.1) is 12.8 Å². The fraction of sp³-hybridized carbons (Fsp3) is 0.133. The molecule has 118 valence electrons. The van der Waals surface area contributed by atoms with E-state index in [0.717, 1.165) is 0 Å². The average molecular weight is 333 g/mol. The first-order chi connectivity index (χ1) is 11.2. The lowest BCUT2D eigenvalue weighted by Gasteiger charge is -2.11. The van der Waals surface area contributed by atoms with E-state index in [1.54, 1.807) is 30.3 Å². The van der Waals surface area contributed by atoms with Crippen molar-refractivity contribution < 1.29 is 14.4 Å². The van der Waals surface area contributed by atoms with Crippen molar-refractivity contribution in [2.45, 2.75) is 0 Å². The van der Waals surface area contributed by atoms with Crippen LogP contribution in [0.5, 0.6) is 5.75 Å². The minimum Gasteiger partial charge on any atom is -0.495 e. The highest BCUT2D eigenvalue weighted by Gasteiger charge is 2.11. The second-order valence-electron chi connectivity index (χ2n) is 4.62. The number of ether oxygens (including phenoxy) is 1. The van der Waals surface area contributed by atoms with Crippen molar-refractivity contribution in [1.82, 2.24) is 15.2 Å². The predicted molar refractivity (Wildman–Crippen MR) is 85.6 cm³/mol. The Morgan fingerprint density at radius 2 is 2.13 bits per heavy atom. The fourth-order valence-corrected chi connectivity index (χ4v) is 2.20. The number of amides is 1. The normalized spacial score (nSPS) is 10.5. The number of hydrogen-bond donors (Lipinski definition) is 1. The number of rotatable bonds is 5. The Balaban J connectivity index is 1.67. The van der Waals surface area contributed by atoms with Crippen LogP contribution in [0.3, 0.4) is 0 Å². The van der Waals surface area contributed by atoms with Gasteiger partial charge in [-0.15, -0.1) is 5.10 Å². The number of nitrogens with one attached hydrogen (secondary N) is 1. The molecule has 0 radical (unpaired) electrons. The number of nitrogens with zero attached hydrogens (tertiary/aromatic N) is 3. The molecule has 0 fully saturated rings. The maximum atomic E-state index is 12.0. The van der Waals surface area contributed by atoms with Crippen molar-refractivity contribution in [2.75, 3.05) is 19.0 Å². The third-order valence-electron chi connectivity index (χ3n) is 3.08. The molecule has 0 atom stereocenters. The summed E-state index contributed by atoms with van der Waals surface area (Å²) in [7, 11) is 1.51. The molecule has 0 bridgehead atoms. The highest BCUT2D eigenvalue weighted by molar-refractivity contribution is 6.31. The van der Waals surface area contributed by atoms with Crippen molar-refractivity contribution in [3.8, 4) is 5.75 Å². The molecule has 23 heavy (non-hydrogen) atoms. The van der Waals surface area contributed by atoms with Gasteiger partial charge in [-0.2, -0.15) is 0 Å². The molecule has 2 aromatic carbocycles. The van der Waals surface area contributed by atoms with E-state index in [1.165, 1.54) is 12.0 Å². The number of halogens is 1. The van der Waals surface area contributed by atoms with Gasteiger partial charge in [-0.3, -0.25) is 4.79 Å². The first-order valence-corrected chi connectivity index (χ1v) is 7.12. The summed E-state index contributed by atoms with van der Waals surface area (Å²) in [5.41, 5.74) is 1.84. The molecular weight excluding hydrogens is 320 g/mol. The number of hydrogen-bond acceptors (Lipinski definition) is 5. The number of carbonyl (C=O) groups excluding carboxylic acids is 1. The molecule has 0 aliphatic heterocycles. The van der Waals surface area contributed by atoms with Gasteiger partial charge in [-0.05, 0) is 35.5 Å². The van der Waals surface area contributed by atoms with E-state index in [1.807, 2.05) is 12.1 Å². The van der Waals surface area contributed by atoms with Crippen LogP contribution in [0.2, 0.25) is 5.02 Å². The van der Waals surface area contributed by atoms with Crippen molar-refractivity contribution in [3.05, 3.63) is 47.5 Å². The Bertz CT molecular complexity index is 850. The number of benzene rings is 2. The molecule has 8 heteroatoms. The number of methoxy groups -OCH3 is 1. The molecule has 1 N–H and O–H groups in total. The van der Waals surface area contributed by atoms with E-state index in [4.69, 9.17) is 21.2 Å². The lowest BCUT2D eigenvalue weighted by Crippen LogP contribution is -2.26. The van der Waals surface area contributed by atoms with Crippen LogP contribution in [0, 0.1) is 0 Å². The minimum absolute atomic E-state index is 0.233. The summed E-state index contributed by atoms with van der Waals surface area (Å²) >= 11 is 5.92. The van der Waals surface area contributed by atoms with Gasteiger partial charge in [0.1, 0.15) is 16.8 Å². The van der Waals surface area contributed by atoms with Gasteiger partial charge in [-0.25, -0.2) is 0 Å². The largest absolute Gasteiger partial charge is 0.495 e. The van der Waals surface area contributed by atoms with Crippen LogP contribution >= 0.6 is 11.6 Å². The molecule has 0 saturated carbocycles. The molecule has 0 saturated heterocycles. The van der Waals surface area contributed by atoms with Gasteiger partial charge in [0.25, 0.3) is 5.91 Å². The molecule has 1 heterocycles. The van der Waals surface area contributed by atoms with Crippen LogP contribution in [0.25, 0.3) is 11.0 Å². The van der Waals surface area contributed by atoms with E-state index in [9.17, 15) is 4.79 Å².